The Morgan fingerprint density at radius 1 is 1.19 bits per heavy atom. The molecule has 5 heteroatoms. The highest BCUT2D eigenvalue weighted by Gasteiger charge is 2.21. The van der Waals surface area contributed by atoms with E-state index in [4.69, 9.17) is 0 Å². The summed E-state index contributed by atoms with van der Waals surface area (Å²) in [5.74, 6) is 0.490. The molecule has 0 spiro atoms. The van der Waals surface area contributed by atoms with Gasteiger partial charge in [0.05, 0.1) is 0 Å². The van der Waals surface area contributed by atoms with Crippen molar-refractivity contribution in [3.8, 4) is 0 Å². The largest absolute Gasteiger partial charge is 0.366 e. The molecular weight excluding hydrogens is 264 g/mol. The topological polar surface area (TPSA) is 66.9 Å². The van der Waals surface area contributed by atoms with E-state index >= 15 is 0 Å². The van der Waals surface area contributed by atoms with Crippen molar-refractivity contribution < 1.29 is 4.79 Å². The summed E-state index contributed by atoms with van der Waals surface area (Å²) >= 11 is 0. The minimum atomic E-state index is -0.235. The van der Waals surface area contributed by atoms with E-state index in [1.807, 2.05) is 24.3 Å². The molecule has 21 heavy (non-hydrogen) atoms. The van der Waals surface area contributed by atoms with Crippen molar-refractivity contribution in [3.05, 3.63) is 47.7 Å². The third-order valence-corrected chi connectivity index (χ3v) is 3.47. The standard InChI is InChI=1S/C16H18N4O/c1-2-11-5-3-4-6-13(11)18-16(21)14-9-10-15(20-19-14)17-12-7-8-12/h3-6,9-10,12H,2,7-8H2,1H3,(H,17,20)(H,18,21). The average Bonchev–Trinajstić information content (AvgIpc) is 3.32. The number of nitrogens with one attached hydrogen (secondary N) is 2. The zero-order valence-electron chi connectivity index (χ0n) is 12.0. The van der Waals surface area contributed by atoms with E-state index in [1.54, 1.807) is 12.1 Å². The summed E-state index contributed by atoms with van der Waals surface area (Å²) in [6, 6.07) is 11.8. The molecule has 1 fully saturated rings. The van der Waals surface area contributed by atoms with Crippen LogP contribution in [0.2, 0.25) is 0 Å². The number of rotatable bonds is 5. The monoisotopic (exact) mass is 282 g/mol. The smallest absolute Gasteiger partial charge is 0.276 e. The highest BCUT2D eigenvalue weighted by molar-refractivity contribution is 6.03. The molecule has 1 amide bonds. The lowest BCUT2D eigenvalue weighted by Crippen LogP contribution is -2.16. The fourth-order valence-corrected chi connectivity index (χ4v) is 2.10. The van der Waals surface area contributed by atoms with Gasteiger partial charge in [0.15, 0.2) is 5.69 Å². The van der Waals surface area contributed by atoms with E-state index in [0.29, 0.717) is 11.7 Å². The van der Waals surface area contributed by atoms with Crippen LogP contribution >= 0.6 is 0 Å². The maximum Gasteiger partial charge on any atom is 0.276 e. The van der Waals surface area contributed by atoms with E-state index < -0.39 is 0 Å². The molecule has 2 N–H and O–H groups in total. The molecule has 0 atom stereocenters. The second-order valence-corrected chi connectivity index (χ2v) is 5.19. The maximum absolute atomic E-state index is 12.2. The number of aryl methyl sites for hydroxylation is 1. The zero-order valence-corrected chi connectivity index (χ0v) is 12.0. The number of anilines is 2. The van der Waals surface area contributed by atoms with Crippen LogP contribution in [0.1, 0.15) is 35.8 Å². The molecule has 0 unspecified atom stereocenters. The van der Waals surface area contributed by atoms with Gasteiger partial charge in [-0.1, -0.05) is 25.1 Å². The number of amides is 1. The Morgan fingerprint density at radius 3 is 2.67 bits per heavy atom. The van der Waals surface area contributed by atoms with Gasteiger partial charge in [-0.15, -0.1) is 10.2 Å². The fourth-order valence-electron chi connectivity index (χ4n) is 2.10. The average molecular weight is 282 g/mol. The van der Waals surface area contributed by atoms with Crippen LogP contribution in [0.15, 0.2) is 36.4 Å². The van der Waals surface area contributed by atoms with Gasteiger partial charge < -0.3 is 10.6 Å². The summed E-state index contributed by atoms with van der Waals surface area (Å²) in [5.41, 5.74) is 2.25. The molecule has 1 aliphatic rings. The number of para-hydroxylation sites is 1. The van der Waals surface area contributed by atoms with Gasteiger partial charge in [0, 0.05) is 11.7 Å². The molecule has 1 aromatic carbocycles. The van der Waals surface area contributed by atoms with Crippen LogP contribution in [0, 0.1) is 0 Å². The molecule has 0 radical (unpaired) electrons. The molecule has 3 rings (SSSR count). The molecule has 1 heterocycles. The van der Waals surface area contributed by atoms with Crippen LogP contribution in [-0.2, 0) is 6.42 Å². The van der Waals surface area contributed by atoms with Crippen molar-refractivity contribution in [2.24, 2.45) is 0 Å². The quantitative estimate of drug-likeness (QED) is 0.885. The van der Waals surface area contributed by atoms with Crippen LogP contribution in [-0.4, -0.2) is 22.1 Å². The number of hydrogen-bond donors (Lipinski definition) is 2. The number of hydrogen-bond acceptors (Lipinski definition) is 4. The first-order chi connectivity index (χ1) is 10.3. The van der Waals surface area contributed by atoms with Crippen molar-refractivity contribution >= 4 is 17.4 Å². The highest BCUT2D eigenvalue weighted by atomic mass is 16.1. The number of carbonyl (C=O) groups excluding carboxylic acids is 1. The summed E-state index contributed by atoms with van der Waals surface area (Å²) in [6.45, 7) is 2.06. The molecule has 1 aliphatic carbocycles. The second-order valence-electron chi connectivity index (χ2n) is 5.19. The van der Waals surface area contributed by atoms with Gasteiger partial charge in [0.2, 0.25) is 0 Å². The van der Waals surface area contributed by atoms with Gasteiger partial charge in [-0.25, -0.2) is 0 Å². The van der Waals surface area contributed by atoms with Gasteiger partial charge in [-0.2, -0.15) is 0 Å². The van der Waals surface area contributed by atoms with Gasteiger partial charge in [-0.3, -0.25) is 4.79 Å². The third kappa shape index (κ3) is 3.37. The first-order valence-electron chi connectivity index (χ1n) is 7.26. The zero-order chi connectivity index (χ0) is 14.7. The molecule has 2 aromatic rings. The van der Waals surface area contributed by atoms with Crippen LogP contribution < -0.4 is 10.6 Å². The van der Waals surface area contributed by atoms with Crippen molar-refractivity contribution in [2.45, 2.75) is 32.2 Å². The Balaban J connectivity index is 1.69. The van der Waals surface area contributed by atoms with Crippen LogP contribution in [0.5, 0.6) is 0 Å². The molecule has 0 bridgehead atoms. The van der Waals surface area contributed by atoms with E-state index in [9.17, 15) is 4.79 Å². The Hall–Kier alpha value is -2.43. The first kappa shape index (κ1) is 13.5. The van der Waals surface area contributed by atoms with Crippen molar-refractivity contribution in [2.75, 3.05) is 10.6 Å². The third-order valence-electron chi connectivity index (χ3n) is 3.47. The lowest BCUT2D eigenvalue weighted by molar-refractivity contribution is 0.102. The van der Waals surface area contributed by atoms with Gasteiger partial charge in [-0.05, 0) is 43.0 Å². The summed E-state index contributed by atoms with van der Waals surface area (Å²) < 4.78 is 0. The Kier molecular flexibility index (Phi) is 3.81. The molecule has 108 valence electrons. The van der Waals surface area contributed by atoms with Crippen LogP contribution in [0.4, 0.5) is 11.5 Å². The molecule has 1 aromatic heterocycles. The fraction of sp³-hybridized carbons (Fsp3) is 0.312. The van der Waals surface area contributed by atoms with Crippen molar-refractivity contribution in [3.63, 3.8) is 0 Å². The van der Waals surface area contributed by atoms with Gasteiger partial charge in [0.25, 0.3) is 5.91 Å². The van der Waals surface area contributed by atoms with Gasteiger partial charge >= 0.3 is 0 Å². The number of aromatic nitrogens is 2. The van der Waals surface area contributed by atoms with Crippen LogP contribution in [0.25, 0.3) is 0 Å². The molecule has 0 aliphatic heterocycles. The summed E-state index contributed by atoms with van der Waals surface area (Å²) in [6.07, 6.45) is 3.22. The summed E-state index contributed by atoms with van der Waals surface area (Å²) in [5, 5.41) is 14.2. The maximum atomic E-state index is 12.2. The summed E-state index contributed by atoms with van der Waals surface area (Å²) in [7, 11) is 0. The predicted molar refractivity (Wildman–Crippen MR) is 82.4 cm³/mol. The van der Waals surface area contributed by atoms with Gasteiger partial charge in [0.1, 0.15) is 5.82 Å². The normalized spacial score (nSPS) is 13.8. The SMILES string of the molecule is CCc1ccccc1NC(=O)c1ccc(NC2CC2)nn1. The van der Waals surface area contributed by atoms with E-state index in [2.05, 4.69) is 27.8 Å². The second kappa shape index (κ2) is 5.91. The lowest BCUT2D eigenvalue weighted by atomic mass is 10.1. The van der Waals surface area contributed by atoms with E-state index in [-0.39, 0.29) is 5.91 Å². The van der Waals surface area contributed by atoms with E-state index in [0.717, 1.165) is 23.5 Å². The number of nitrogens with zero attached hydrogens (tertiary/aromatic N) is 2. The summed E-state index contributed by atoms with van der Waals surface area (Å²) in [4.78, 5) is 12.2. The minimum absolute atomic E-state index is 0.235. The Morgan fingerprint density at radius 2 is 2.00 bits per heavy atom. The van der Waals surface area contributed by atoms with Crippen LogP contribution in [0.3, 0.4) is 0 Å². The minimum Gasteiger partial charge on any atom is -0.366 e. The molecule has 1 saturated carbocycles. The molecule has 0 saturated heterocycles. The van der Waals surface area contributed by atoms with Crippen molar-refractivity contribution in [1.29, 1.82) is 0 Å². The molecular formula is C16H18N4O. The van der Waals surface area contributed by atoms with Crippen molar-refractivity contribution in [1.82, 2.24) is 10.2 Å². The Bertz CT molecular complexity index is 635. The molecule has 5 nitrogen and oxygen atoms in total. The van der Waals surface area contributed by atoms with E-state index in [1.165, 1.54) is 12.8 Å². The number of carbonyl (C=O) groups is 1. The highest BCUT2D eigenvalue weighted by Crippen LogP contribution is 2.23. The Labute approximate surface area is 123 Å². The lowest BCUT2D eigenvalue weighted by Gasteiger charge is -2.09. The first-order valence-corrected chi connectivity index (χ1v) is 7.26. The number of benzene rings is 1. The predicted octanol–water partition coefficient (Wildman–Crippen LogP) is 2.87.